The van der Waals surface area contributed by atoms with Gasteiger partial charge in [-0.1, -0.05) is 18.2 Å². The molecule has 0 saturated heterocycles. The molecule has 4 rings (SSSR count). The molecular formula is C25H21FN4O2. The molecule has 0 aliphatic carbocycles. The number of halogens is 1. The van der Waals surface area contributed by atoms with Crippen LogP contribution in [0.2, 0.25) is 0 Å². The summed E-state index contributed by atoms with van der Waals surface area (Å²) in [5.74, 6) is 0.670. The average molecular weight is 428 g/mol. The molecule has 160 valence electrons. The van der Waals surface area contributed by atoms with Crippen LogP contribution in [0.15, 0.2) is 73.3 Å². The SMILES string of the molecule is Cc1ccc(NC(=O)c2cccc(CF)c2)c(C)c1Oc1ncccc1-c1ccncn1. The lowest BCUT2D eigenvalue weighted by Gasteiger charge is -2.17. The number of alkyl halides is 1. The van der Waals surface area contributed by atoms with E-state index in [1.807, 2.05) is 38.1 Å². The summed E-state index contributed by atoms with van der Waals surface area (Å²) >= 11 is 0. The van der Waals surface area contributed by atoms with Crippen LogP contribution in [0.25, 0.3) is 11.3 Å². The van der Waals surface area contributed by atoms with E-state index in [0.29, 0.717) is 34.1 Å². The van der Waals surface area contributed by atoms with Crippen molar-refractivity contribution in [1.29, 1.82) is 0 Å². The van der Waals surface area contributed by atoms with Crippen molar-refractivity contribution in [3.8, 4) is 22.9 Å². The normalized spacial score (nSPS) is 10.6. The molecular weight excluding hydrogens is 407 g/mol. The molecule has 0 unspecified atom stereocenters. The fraction of sp³-hybridized carbons (Fsp3) is 0.120. The van der Waals surface area contributed by atoms with Crippen LogP contribution in [0.4, 0.5) is 10.1 Å². The van der Waals surface area contributed by atoms with Gasteiger partial charge in [0.2, 0.25) is 5.88 Å². The zero-order valence-electron chi connectivity index (χ0n) is 17.7. The number of ether oxygens (including phenoxy) is 1. The summed E-state index contributed by atoms with van der Waals surface area (Å²) in [5, 5.41) is 2.90. The van der Waals surface area contributed by atoms with Crippen LogP contribution in [0.1, 0.15) is 27.0 Å². The van der Waals surface area contributed by atoms with E-state index < -0.39 is 6.67 Å². The summed E-state index contributed by atoms with van der Waals surface area (Å²) in [6.07, 6.45) is 4.77. The predicted octanol–water partition coefficient (Wildman–Crippen LogP) is 5.67. The van der Waals surface area contributed by atoms with Gasteiger partial charge in [0.05, 0.1) is 11.3 Å². The quantitative estimate of drug-likeness (QED) is 0.428. The number of hydrogen-bond donors (Lipinski definition) is 1. The minimum atomic E-state index is -0.624. The first-order valence-electron chi connectivity index (χ1n) is 10.0. The molecule has 0 fully saturated rings. The number of hydrogen-bond acceptors (Lipinski definition) is 5. The molecule has 0 bridgehead atoms. The van der Waals surface area contributed by atoms with Gasteiger partial charge in [-0.3, -0.25) is 4.79 Å². The number of anilines is 1. The monoisotopic (exact) mass is 428 g/mol. The number of pyridine rings is 1. The maximum Gasteiger partial charge on any atom is 0.255 e. The summed E-state index contributed by atoms with van der Waals surface area (Å²) in [7, 11) is 0. The van der Waals surface area contributed by atoms with Crippen LogP contribution >= 0.6 is 0 Å². The Bertz CT molecular complexity index is 1260. The number of aryl methyl sites for hydroxylation is 1. The number of benzene rings is 2. The molecule has 2 heterocycles. The number of carbonyl (C=O) groups excluding carboxylic acids is 1. The molecule has 0 aliphatic rings. The number of carbonyl (C=O) groups is 1. The highest BCUT2D eigenvalue weighted by molar-refractivity contribution is 6.05. The fourth-order valence-corrected chi connectivity index (χ4v) is 3.32. The molecule has 0 aliphatic heterocycles. The Hall–Kier alpha value is -4.13. The summed E-state index contributed by atoms with van der Waals surface area (Å²) in [6.45, 7) is 3.16. The molecule has 4 aromatic rings. The molecule has 1 amide bonds. The lowest BCUT2D eigenvalue weighted by Crippen LogP contribution is -2.13. The molecule has 1 N–H and O–H groups in total. The van der Waals surface area contributed by atoms with Gasteiger partial charge in [0.15, 0.2) is 0 Å². The Morgan fingerprint density at radius 1 is 1.03 bits per heavy atom. The highest BCUT2D eigenvalue weighted by Crippen LogP contribution is 2.36. The number of rotatable bonds is 6. The van der Waals surface area contributed by atoms with Crippen LogP contribution in [-0.4, -0.2) is 20.9 Å². The largest absolute Gasteiger partial charge is 0.438 e. The minimum absolute atomic E-state index is 0.322. The predicted molar refractivity (Wildman–Crippen MR) is 120 cm³/mol. The van der Waals surface area contributed by atoms with Crippen molar-refractivity contribution in [2.75, 3.05) is 5.32 Å². The highest BCUT2D eigenvalue weighted by atomic mass is 19.1. The third-order valence-corrected chi connectivity index (χ3v) is 5.02. The molecule has 0 atom stereocenters. The summed E-state index contributed by atoms with van der Waals surface area (Å²) in [6, 6.07) is 15.6. The third kappa shape index (κ3) is 4.46. The van der Waals surface area contributed by atoms with E-state index in [0.717, 1.165) is 16.7 Å². The van der Waals surface area contributed by atoms with E-state index >= 15 is 0 Å². The first kappa shape index (κ1) is 21.1. The molecule has 6 nitrogen and oxygen atoms in total. The van der Waals surface area contributed by atoms with Gasteiger partial charge < -0.3 is 10.1 Å². The molecule has 7 heteroatoms. The topological polar surface area (TPSA) is 77.0 Å². The van der Waals surface area contributed by atoms with Crippen molar-refractivity contribution in [3.63, 3.8) is 0 Å². The summed E-state index contributed by atoms with van der Waals surface area (Å²) in [4.78, 5) is 25.4. The van der Waals surface area contributed by atoms with Crippen molar-refractivity contribution in [1.82, 2.24) is 15.0 Å². The lowest BCUT2D eigenvalue weighted by atomic mass is 10.1. The van der Waals surface area contributed by atoms with Gasteiger partial charge in [-0.05, 0) is 61.4 Å². The maximum atomic E-state index is 13.0. The maximum absolute atomic E-state index is 13.0. The van der Waals surface area contributed by atoms with Crippen molar-refractivity contribution in [2.24, 2.45) is 0 Å². The van der Waals surface area contributed by atoms with Gasteiger partial charge in [0.25, 0.3) is 5.91 Å². The van der Waals surface area contributed by atoms with E-state index in [2.05, 4.69) is 20.3 Å². The second-order valence-electron chi connectivity index (χ2n) is 7.23. The number of amides is 1. The molecule has 0 saturated carbocycles. The Morgan fingerprint density at radius 2 is 1.91 bits per heavy atom. The third-order valence-electron chi connectivity index (χ3n) is 5.02. The highest BCUT2D eigenvalue weighted by Gasteiger charge is 2.16. The van der Waals surface area contributed by atoms with Crippen LogP contribution in [0.3, 0.4) is 0 Å². The smallest absolute Gasteiger partial charge is 0.255 e. The van der Waals surface area contributed by atoms with Gasteiger partial charge in [-0.25, -0.2) is 19.3 Å². The number of nitrogens with zero attached hydrogens (tertiary/aromatic N) is 3. The second-order valence-corrected chi connectivity index (χ2v) is 7.23. The first-order valence-corrected chi connectivity index (χ1v) is 10.0. The summed E-state index contributed by atoms with van der Waals surface area (Å²) < 4.78 is 19.2. The Balaban J connectivity index is 1.65. The number of nitrogens with one attached hydrogen (secondary N) is 1. The number of aromatic nitrogens is 3. The average Bonchev–Trinajstić information content (AvgIpc) is 2.84. The lowest BCUT2D eigenvalue weighted by molar-refractivity contribution is 0.102. The first-order chi connectivity index (χ1) is 15.6. The van der Waals surface area contributed by atoms with Crippen LogP contribution in [0, 0.1) is 13.8 Å². The minimum Gasteiger partial charge on any atom is -0.438 e. The zero-order chi connectivity index (χ0) is 22.5. The molecule has 2 aromatic carbocycles. The fourth-order valence-electron chi connectivity index (χ4n) is 3.32. The van der Waals surface area contributed by atoms with Crippen molar-refractivity contribution in [2.45, 2.75) is 20.5 Å². The Labute approximate surface area is 185 Å². The van der Waals surface area contributed by atoms with E-state index in [1.165, 1.54) is 12.4 Å². The molecule has 0 spiro atoms. The van der Waals surface area contributed by atoms with Crippen molar-refractivity contribution < 1.29 is 13.9 Å². The molecule has 0 radical (unpaired) electrons. The van der Waals surface area contributed by atoms with Crippen LogP contribution in [-0.2, 0) is 6.67 Å². The van der Waals surface area contributed by atoms with E-state index in [1.54, 1.807) is 36.7 Å². The Morgan fingerprint density at radius 3 is 2.69 bits per heavy atom. The van der Waals surface area contributed by atoms with Gasteiger partial charge in [-0.2, -0.15) is 0 Å². The van der Waals surface area contributed by atoms with Gasteiger partial charge in [0.1, 0.15) is 18.8 Å². The summed E-state index contributed by atoms with van der Waals surface area (Å²) in [5.41, 5.74) is 4.49. The van der Waals surface area contributed by atoms with E-state index in [-0.39, 0.29) is 5.91 Å². The molecule has 2 aromatic heterocycles. The van der Waals surface area contributed by atoms with Gasteiger partial charge in [0, 0.05) is 29.2 Å². The van der Waals surface area contributed by atoms with E-state index in [9.17, 15) is 9.18 Å². The van der Waals surface area contributed by atoms with E-state index in [4.69, 9.17) is 4.74 Å². The van der Waals surface area contributed by atoms with Gasteiger partial charge >= 0.3 is 0 Å². The molecule has 32 heavy (non-hydrogen) atoms. The van der Waals surface area contributed by atoms with Crippen molar-refractivity contribution >= 4 is 11.6 Å². The van der Waals surface area contributed by atoms with Crippen LogP contribution in [0.5, 0.6) is 11.6 Å². The van der Waals surface area contributed by atoms with Gasteiger partial charge in [-0.15, -0.1) is 0 Å². The zero-order valence-corrected chi connectivity index (χ0v) is 17.7. The Kier molecular flexibility index (Phi) is 6.17. The standard InChI is InChI=1S/C25H21FN4O2/c1-16-8-9-21(30-24(31)19-6-3-5-18(13-19)14-26)17(2)23(16)32-25-20(7-4-11-28-25)22-10-12-27-15-29-22/h3-13,15H,14H2,1-2H3,(H,30,31). The van der Waals surface area contributed by atoms with Crippen LogP contribution < -0.4 is 10.1 Å². The van der Waals surface area contributed by atoms with Crippen molar-refractivity contribution in [3.05, 3.63) is 95.6 Å². The second kappa shape index (κ2) is 9.34.